The first kappa shape index (κ1) is 18.2. The lowest BCUT2D eigenvalue weighted by Crippen LogP contribution is -2.29. The lowest BCUT2D eigenvalue weighted by molar-refractivity contribution is -0.120. The summed E-state index contributed by atoms with van der Waals surface area (Å²) in [5.41, 5.74) is 2.58. The molecule has 0 atom stereocenters. The van der Waals surface area contributed by atoms with Gasteiger partial charge in [-0.1, -0.05) is 6.07 Å². The van der Waals surface area contributed by atoms with Gasteiger partial charge in [0.1, 0.15) is 11.6 Å². The van der Waals surface area contributed by atoms with Crippen molar-refractivity contribution < 1.29 is 13.9 Å². The van der Waals surface area contributed by atoms with Crippen molar-refractivity contribution in [2.24, 2.45) is 0 Å². The van der Waals surface area contributed by atoms with Crippen LogP contribution in [-0.4, -0.2) is 17.5 Å². The zero-order valence-electron chi connectivity index (χ0n) is 14.9. The van der Waals surface area contributed by atoms with E-state index in [2.05, 4.69) is 10.3 Å². The summed E-state index contributed by atoms with van der Waals surface area (Å²) in [6.07, 6.45) is 5.34. The van der Waals surface area contributed by atoms with Crippen molar-refractivity contribution in [2.75, 3.05) is 6.61 Å². The third-order valence-corrected chi connectivity index (χ3v) is 4.62. The zero-order valence-corrected chi connectivity index (χ0v) is 14.9. The Balaban J connectivity index is 1.62. The molecule has 138 valence electrons. The van der Waals surface area contributed by atoms with Gasteiger partial charge in [0.15, 0.2) is 5.43 Å². The number of H-pyrrole nitrogens is 1. The minimum absolute atomic E-state index is 0.0126. The molecule has 1 amide bonds. The highest BCUT2D eigenvalue weighted by Gasteiger charge is 2.17. The van der Waals surface area contributed by atoms with Gasteiger partial charge < -0.3 is 15.0 Å². The van der Waals surface area contributed by atoms with E-state index in [-0.39, 0.29) is 24.3 Å². The summed E-state index contributed by atoms with van der Waals surface area (Å²) in [7, 11) is 0. The number of hydrogen-bond acceptors (Lipinski definition) is 3. The van der Waals surface area contributed by atoms with E-state index in [1.165, 1.54) is 6.07 Å². The highest BCUT2D eigenvalue weighted by molar-refractivity contribution is 5.78. The molecule has 3 rings (SSSR count). The minimum atomic E-state index is -0.428. The molecular weight excluding hydrogens is 335 g/mol. The first-order valence-corrected chi connectivity index (χ1v) is 8.98. The van der Waals surface area contributed by atoms with Crippen LogP contribution in [0.2, 0.25) is 0 Å². The van der Waals surface area contributed by atoms with Crippen LogP contribution in [-0.2, 0) is 30.6 Å². The fourth-order valence-corrected chi connectivity index (χ4v) is 3.24. The van der Waals surface area contributed by atoms with Gasteiger partial charge in [0.25, 0.3) is 0 Å². The highest BCUT2D eigenvalue weighted by Crippen LogP contribution is 2.17. The Hall–Kier alpha value is -2.63. The Labute approximate surface area is 151 Å². The molecule has 0 saturated heterocycles. The Morgan fingerprint density at radius 1 is 1.27 bits per heavy atom. The van der Waals surface area contributed by atoms with Crippen molar-refractivity contribution in [2.45, 2.75) is 45.6 Å². The molecule has 1 aromatic heterocycles. The third-order valence-electron chi connectivity index (χ3n) is 4.62. The van der Waals surface area contributed by atoms with Crippen LogP contribution in [0, 0.1) is 5.82 Å². The van der Waals surface area contributed by atoms with Crippen molar-refractivity contribution in [3.8, 4) is 5.75 Å². The van der Waals surface area contributed by atoms with Crippen molar-refractivity contribution >= 4 is 5.91 Å². The molecule has 1 aliphatic rings. The van der Waals surface area contributed by atoms with Gasteiger partial charge in [0, 0.05) is 41.2 Å². The van der Waals surface area contributed by atoms with Gasteiger partial charge in [-0.05, 0) is 38.7 Å². The number of aryl methyl sites for hydroxylation is 1. The van der Waals surface area contributed by atoms with Crippen LogP contribution in [0.1, 0.15) is 42.1 Å². The van der Waals surface area contributed by atoms with E-state index in [0.717, 1.165) is 36.9 Å². The van der Waals surface area contributed by atoms with Crippen molar-refractivity contribution in [3.63, 3.8) is 0 Å². The fraction of sp³-hybridized carbons (Fsp3) is 0.400. The summed E-state index contributed by atoms with van der Waals surface area (Å²) in [4.78, 5) is 27.8. The molecule has 0 fully saturated rings. The maximum atomic E-state index is 14.0. The second-order valence-electron chi connectivity index (χ2n) is 6.45. The second kappa shape index (κ2) is 8.17. The van der Waals surface area contributed by atoms with Crippen LogP contribution in [0.15, 0.2) is 29.2 Å². The topological polar surface area (TPSA) is 71.2 Å². The Morgan fingerprint density at radius 3 is 2.85 bits per heavy atom. The molecule has 2 aromatic rings. The number of pyridine rings is 1. The predicted octanol–water partition coefficient (Wildman–Crippen LogP) is 2.65. The van der Waals surface area contributed by atoms with E-state index < -0.39 is 5.82 Å². The monoisotopic (exact) mass is 358 g/mol. The summed E-state index contributed by atoms with van der Waals surface area (Å²) >= 11 is 0. The normalized spacial score (nSPS) is 13.2. The average molecular weight is 358 g/mol. The van der Waals surface area contributed by atoms with Gasteiger partial charge in [-0.2, -0.15) is 0 Å². The molecule has 0 aliphatic heterocycles. The summed E-state index contributed by atoms with van der Waals surface area (Å²) in [6, 6.07) is 4.56. The maximum absolute atomic E-state index is 14.0. The number of hydrogen-bond donors (Lipinski definition) is 2. The SMILES string of the molecule is CCOc1ccc(CNC(=O)Cc2c[nH]c3c(c2=O)CCCC3)c(F)c1. The molecule has 0 radical (unpaired) electrons. The van der Waals surface area contributed by atoms with E-state index in [1.54, 1.807) is 18.3 Å². The molecule has 2 N–H and O–H groups in total. The smallest absolute Gasteiger partial charge is 0.224 e. The van der Waals surface area contributed by atoms with Gasteiger partial charge >= 0.3 is 0 Å². The molecule has 1 aromatic carbocycles. The van der Waals surface area contributed by atoms with E-state index in [0.29, 0.717) is 23.5 Å². The molecule has 0 spiro atoms. The molecule has 0 bridgehead atoms. The highest BCUT2D eigenvalue weighted by atomic mass is 19.1. The number of benzene rings is 1. The van der Waals surface area contributed by atoms with Gasteiger partial charge in [-0.3, -0.25) is 9.59 Å². The predicted molar refractivity (Wildman–Crippen MR) is 96.8 cm³/mol. The van der Waals surface area contributed by atoms with Gasteiger partial charge in [0.05, 0.1) is 13.0 Å². The number of amides is 1. The molecule has 5 nitrogen and oxygen atoms in total. The van der Waals surface area contributed by atoms with Crippen LogP contribution in [0.3, 0.4) is 0 Å². The number of ether oxygens (including phenoxy) is 1. The van der Waals surface area contributed by atoms with Crippen LogP contribution in [0.4, 0.5) is 4.39 Å². The lowest BCUT2D eigenvalue weighted by Gasteiger charge is -2.15. The van der Waals surface area contributed by atoms with E-state index in [1.807, 2.05) is 6.92 Å². The van der Waals surface area contributed by atoms with Gasteiger partial charge in [0.2, 0.25) is 5.91 Å². The largest absolute Gasteiger partial charge is 0.494 e. The zero-order chi connectivity index (χ0) is 18.5. The van der Waals surface area contributed by atoms with Crippen molar-refractivity contribution in [3.05, 3.63) is 62.8 Å². The molecule has 6 heteroatoms. The quantitative estimate of drug-likeness (QED) is 0.834. The molecular formula is C20H23FN2O3. The van der Waals surface area contributed by atoms with Gasteiger partial charge in [-0.15, -0.1) is 0 Å². The number of carbonyl (C=O) groups is 1. The maximum Gasteiger partial charge on any atom is 0.224 e. The minimum Gasteiger partial charge on any atom is -0.494 e. The number of halogens is 1. The van der Waals surface area contributed by atoms with Crippen LogP contribution >= 0.6 is 0 Å². The molecule has 0 saturated carbocycles. The summed E-state index contributed by atoms with van der Waals surface area (Å²) in [5.74, 6) is -0.275. The Bertz CT molecular complexity index is 861. The first-order valence-electron chi connectivity index (χ1n) is 8.98. The molecule has 26 heavy (non-hydrogen) atoms. The molecule has 1 heterocycles. The van der Waals surface area contributed by atoms with Crippen LogP contribution in [0.5, 0.6) is 5.75 Å². The number of fused-ring (bicyclic) bond motifs is 1. The second-order valence-corrected chi connectivity index (χ2v) is 6.45. The first-order chi connectivity index (χ1) is 12.6. The number of aromatic amines is 1. The summed E-state index contributed by atoms with van der Waals surface area (Å²) in [5, 5.41) is 2.67. The van der Waals surface area contributed by atoms with Gasteiger partial charge in [-0.25, -0.2) is 4.39 Å². The lowest BCUT2D eigenvalue weighted by atomic mass is 9.94. The van der Waals surface area contributed by atoms with E-state index in [4.69, 9.17) is 4.74 Å². The summed E-state index contributed by atoms with van der Waals surface area (Å²) < 4.78 is 19.3. The van der Waals surface area contributed by atoms with Crippen LogP contribution in [0.25, 0.3) is 0 Å². The number of carbonyl (C=O) groups excluding carboxylic acids is 1. The van der Waals surface area contributed by atoms with Crippen molar-refractivity contribution in [1.82, 2.24) is 10.3 Å². The molecule has 1 aliphatic carbocycles. The van der Waals surface area contributed by atoms with E-state index in [9.17, 15) is 14.0 Å². The Kier molecular flexibility index (Phi) is 5.71. The van der Waals surface area contributed by atoms with Crippen LogP contribution < -0.4 is 15.5 Å². The van der Waals surface area contributed by atoms with Crippen molar-refractivity contribution in [1.29, 1.82) is 0 Å². The summed E-state index contributed by atoms with van der Waals surface area (Å²) in [6.45, 7) is 2.36. The molecule has 0 unspecified atom stereocenters. The number of nitrogens with one attached hydrogen (secondary N) is 2. The number of rotatable bonds is 6. The number of aromatic nitrogens is 1. The third kappa shape index (κ3) is 4.12. The fourth-order valence-electron chi connectivity index (χ4n) is 3.24. The average Bonchev–Trinajstić information content (AvgIpc) is 2.64. The van der Waals surface area contributed by atoms with E-state index >= 15 is 0 Å². The standard InChI is InChI=1S/C20H23FN2O3/c1-2-26-15-8-7-13(17(21)10-15)11-23-19(24)9-14-12-22-18-6-4-3-5-16(18)20(14)25/h7-8,10,12H,2-6,9,11H2,1H3,(H,22,25)(H,23,24). The Morgan fingerprint density at radius 2 is 2.08 bits per heavy atom.